The van der Waals surface area contributed by atoms with Gasteiger partial charge in [-0.1, -0.05) is 24.4 Å². The third-order valence-corrected chi connectivity index (χ3v) is 7.36. The first kappa shape index (κ1) is 25.8. The van der Waals surface area contributed by atoms with Crippen molar-refractivity contribution >= 4 is 47.0 Å². The molecular formula is C26H26ClFN4O6. The van der Waals surface area contributed by atoms with Crippen LogP contribution in [0.3, 0.4) is 0 Å². The van der Waals surface area contributed by atoms with Crippen LogP contribution in [0.25, 0.3) is 0 Å². The average molecular weight is 545 g/mol. The normalized spacial score (nSPS) is 20.7. The molecule has 10 nitrogen and oxygen atoms in total. The lowest BCUT2D eigenvalue weighted by Crippen LogP contribution is -2.50. The number of carbonyl (C=O) groups is 4. The molecule has 1 saturated carbocycles. The Balaban J connectivity index is 1.32. The van der Waals surface area contributed by atoms with Crippen molar-refractivity contribution in [2.45, 2.75) is 37.3 Å². The zero-order chi connectivity index (χ0) is 27.0. The number of carbonyl (C=O) groups excluding carboxylic acids is 4. The highest BCUT2D eigenvalue weighted by Gasteiger charge is 2.51. The zero-order valence-electron chi connectivity index (χ0n) is 20.5. The Hall–Kier alpha value is -3.86. The summed E-state index contributed by atoms with van der Waals surface area (Å²) in [5.41, 5.74) is -0.247. The van der Waals surface area contributed by atoms with Crippen LogP contribution in [0.2, 0.25) is 5.02 Å². The maximum atomic E-state index is 15.1. The Morgan fingerprint density at radius 1 is 1.24 bits per heavy atom. The predicted octanol–water partition coefficient (Wildman–Crippen LogP) is 4.25. The number of halogens is 2. The molecular weight excluding hydrogens is 519 g/mol. The molecule has 1 saturated heterocycles. The standard InChI is InChI=1S/C26H26ClFN4O6/c1-37-24(35)29-16-6-4-15(5-7-16)22(33)30-19(12-14-2-3-14)23(34)32-11-10-26(13-32)20-18(31-25(36)38-26)9-8-17(27)21(20)28/h4-9,14,19H,2-3,10-13H2,1H3,(H,29,35)(H,30,33)(H,31,36)/t19-,26-/m0/s1. The number of ether oxygens (including phenoxy) is 2. The van der Waals surface area contributed by atoms with E-state index in [0.717, 1.165) is 12.8 Å². The van der Waals surface area contributed by atoms with Crippen LogP contribution in [0.1, 0.15) is 41.6 Å². The second-order valence-electron chi connectivity index (χ2n) is 9.70. The highest BCUT2D eigenvalue weighted by atomic mass is 35.5. The van der Waals surface area contributed by atoms with Gasteiger partial charge in [0.2, 0.25) is 5.91 Å². The number of nitrogens with one attached hydrogen (secondary N) is 3. The number of benzene rings is 2. The van der Waals surface area contributed by atoms with E-state index >= 15 is 4.39 Å². The van der Waals surface area contributed by atoms with Crippen LogP contribution >= 0.6 is 11.6 Å². The molecule has 2 aromatic rings. The van der Waals surface area contributed by atoms with E-state index in [1.54, 1.807) is 12.1 Å². The van der Waals surface area contributed by atoms with Crippen LogP contribution < -0.4 is 16.0 Å². The molecule has 0 radical (unpaired) electrons. The van der Waals surface area contributed by atoms with Crippen molar-refractivity contribution in [3.8, 4) is 0 Å². The number of fused-ring (bicyclic) bond motifs is 2. The van der Waals surface area contributed by atoms with Gasteiger partial charge in [0.15, 0.2) is 11.4 Å². The molecule has 12 heteroatoms. The van der Waals surface area contributed by atoms with Gasteiger partial charge < -0.3 is 19.7 Å². The summed E-state index contributed by atoms with van der Waals surface area (Å²) in [6.07, 6.45) is 1.23. The number of nitrogens with zero attached hydrogens (tertiary/aromatic N) is 1. The fraction of sp³-hybridized carbons (Fsp3) is 0.385. The van der Waals surface area contributed by atoms with Gasteiger partial charge in [-0.2, -0.15) is 0 Å². The van der Waals surface area contributed by atoms with E-state index in [0.29, 0.717) is 23.6 Å². The summed E-state index contributed by atoms with van der Waals surface area (Å²) < 4.78 is 25.2. The van der Waals surface area contributed by atoms with Crippen LogP contribution in [0, 0.1) is 11.7 Å². The first-order valence-electron chi connectivity index (χ1n) is 12.2. The molecule has 0 unspecified atom stereocenters. The molecule has 2 aromatic carbocycles. The summed E-state index contributed by atoms with van der Waals surface area (Å²) in [4.78, 5) is 51.8. The summed E-state index contributed by atoms with van der Waals surface area (Å²) in [7, 11) is 1.25. The molecule has 200 valence electrons. The van der Waals surface area contributed by atoms with Gasteiger partial charge in [-0.25, -0.2) is 14.0 Å². The largest absolute Gasteiger partial charge is 0.453 e. The lowest BCUT2D eigenvalue weighted by molar-refractivity contribution is -0.133. The van der Waals surface area contributed by atoms with Gasteiger partial charge in [0, 0.05) is 24.2 Å². The molecule has 1 spiro atoms. The van der Waals surface area contributed by atoms with Crippen molar-refractivity contribution in [2.24, 2.45) is 5.92 Å². The number of amides is 4. The molecule has 2 heterocycles. The van der Waals surface area contributed by atoms with E-state index in [1.165, 1.54) is 36.3 Å². The van der Waals surface area contributed by atoms with Crippen molar-refractivity contribution in [3.63, 3.8) is 0 Å². The van der Waals surface area contributed by atoms with Crippen LogP contribution in [-0.4, -0.2) is 55.1 Å². The van der Waals surface area contributed by atoms with Crippen molar-refractivity contribution in [1.29, 1.82) is 0 Å². The molecule has 2 aliphatic heterocycles. The quantitative estimate of drug-likeness (QED) is 0.499. The minimum atomic E-state index is -1.38. The fourth-order valence-electron chi connectivity index (χ4n) is 4.97. The molecule has 3 aliphatic rings. The summed E-state index contributed by atoms with van der Waals surface area (Å²) in [5, 5.41) is 7.72. The summed E-state index contributed by atoms with van der Waals surface area (Å²) >= 11 is 6.02. The van der Waals surface area contributed by atoms with E-state index in [-0.39, 0.29) is 41.7 Å². The number of rotatable bonds is 6. The zero-order valence-corrected chi connectivity index (χ0v) is 21.3. The number of methoxy groups -OCH3 is 1. The summed E-state index contributed by atoms with van der Waals surface area (Å²) in [5.74, 6) is -1.16. The Labute approximate surface area is 222 Å². The third kappa shape index (κ3) is 5.10. The van der Waals surface area contributed by atoms with Crippen LogP contribution in [0.5, 0.6) is 0 Å². The molecule has 3 N–H and O–H groups in total. The third-order valence-electron chi connectivity index (χ3n) is 7.07. The van der Waals surface area contributed by atoms with Crippen LogP contribution in [-0.2, 0) is 19.9 Å². The van der Waals surface area contributed by atoms with Gasteiger partial charge in [-0.3, -0.25) is 20.2 Å². The minimum absolute atomic E-state index is 0.0611. The average Bonchev–Trinajstić information content (AvgIpc) is 3.63. The highest BCUT2D eigenvalue weighted by Crippen LogP contribution is 2.46. The van der Waals surface area contributed by atoms with Crippen molar-refractivity contribution < 1.29 is 33.0 Å². The van der Waals surface area contributed by atoms with Crippen LogP contribution in [0.4, 0.5) is 25.4 Å². The molecule has 1 aliphatic carbocycles. The van der Waals surface area contributed by atoms with E-state index in [4.69, 9.17) is 16.3 Å². The Kier molecular flexibility index (Phi) is 6.87. The van der Waals surface area contributed by atoms with E-state index < -0.39 is 35.6 Å². The van der Waals surface area contributed by atoms with Crippen molar-refractivity contribution in [2.75, 3.05) is 30.8 Å². The molecule has 2 atom stereocenters. The molecule has 0 bridgehead atoms. The van der Waals surface area contributed by atoms with E-state index in [2.05, 4.69) is 20.7 Å². The van der Waals surface area contributed by atoms with Crippen molar-refractivity contribution in [3.05, 3.63) is 58.4 Å². The predicted molar refractivity (Wildman–Crippen MR) is 135 cm³/mol. The van der Waals surface area contributed by atoms with Crippen molar-refractivity contribution in [1.82, 2.24) is 10.2 Å². The Morgan fingerprint density at radius 2 is 1.97 bits per heavy atom. The molecule has 4 amide bonds. The lowest BCUT2D eigenvalue weighted by Gasteiger charge is -2.36. The molecule has 2 fully saturated rings. The number of likely N-dealkylation sites (tertiary alicyclic amines) is 1. The smallest absolute Gasteiger partial charge is 0.412 e. The van der Waals surface area contributed by atoms with E-state index in [9.17, 15) is 19.2 Å². The second kappa shape index (κ2) is 10.1. The monoisotopic (exact) mass is 544 g/mol. The summed E-state index contributed by atoms with van der Waals surface area (Å²) in [6, 6.07) is 8.22. The van der Waals surface area contributed by atoms with Gasteiger partial charge in [0.1, 0.15) is 6.04 Å². The topological polar surface area (TPSA) is 126 Å². The maximum absolute atomic E-state index is 15.1. The number of hydrogen-bond acceptors (Lipinski definition) is 6. The molecule has 0 aromatic heterocycles. The van der Waals surface area contributed by atoms with Crippen LogP contribution in [0.15, 0.2) is 36.4 Å². The maximum Gasteiger partial charge on any atom is 0.412 e. The lowest BCUT2D eigenvalue weighted by atomic mass is 9.89. The first-order chi connectivity index (χ1) is 18.2. The minimum Gasteiger partial charge on any atom is -0.453 e. The van der Waals surface area contributed by atoms with Gasteiger partial charge in [-0.15, -0.1) is 0 Å². The molecule has 5 rings (SSSR count). The van der Waals surface area contributed by atoms with Gasteiger partial charge in [0.05, 0.1) is 29.9 Å². The fourth-order valence-corrected chi connectivity index (χ4v) is 5.12. The van der Waals surface area contributed by atoms with Gasteiger partial charge in [-0.05, 0) is 48.7 Å². The highest BCUT2D eigenvalue weighted by molar-refractivity contribution is 6.31. The number of anilines is 2. The first-order valence-corrected chi connectivity index (χ1v) is 12.6. The Bertz CT molecular complexity index is 1300. The SMILES string of the molecule is COC(=O)Nc1ccc(C(=O)N[C@@H](CC2CC2)C(=O)N2CC[C@@]3(C2)OC(=O)Nc2ccc(Cl)c(F)c23)cc1. The van der Waals surface area contributed by atoms with Gasteiger partial charge >= 0.3 is 12.2 Å². The Morgan fingerprint density at radius 3 is 2.66 bits per heavy atom. The number of hydrogen-bond donors (Lipinski definition) is 3. The second-order valence-corrected chi connectivity index (χ2v) is 10.1. The van der Waals surface area contributed by atoms with E-state index in [1.807, 2.05) is 0 Å². The van der Waals surface area contributed by atoms with Gasteiger partial charge in [0.25, 0.3) is 5.91 Å². The molecule has 38 heavy (non-hydrogen) atoms. The summed E-state index contributed by atoms with van der Waals surface area (Å²) in [6.45, 7) is 0.150.